The summed E-state index contributed by atoms with van der Waals surface area (Å²) in [4.78, 5) is 0. The summed E-state index contributed by atoms with van der Waals surface area (Å²) < 4.78 is 11.3. The van der Waals surface area contributed by atoms with E-state index < -0.39 is 0 Å². The van der Waals surface area contributed by atoms with Crippen LogP contribution in [0.5, 0.6) is 5.75 Å². The number of hydrogen-bond donors (Lipinski definition) is 0. The van der Waals surface area contributed by atoms with Gasteiger partial charge in [0.05, 0.1) is 16.4 Å². The second-order valence-electron chi connectivity index (χ2n) is 12.7. The van der Waals surface area contributed by atoms with Crippen molar-refractivity contribution in [3.05, 3.63) is 157 Å². The molecule has 2 aromatic heterocycles. The van der Waals surface area contributed by atoms with Crippen LogP contribution < -0.4 is 4.74 Å². The molecule has 6 aromatic carbocycles. The number of ether oxygens (including phenoxy) is 1. The highest BCUT2D eigenvalue weighted by Gasteiger charge is 2.43. The highest BCUT2D eigenvalue weighted by Crippen LogP contribution is 2.47. The van der Waals surface area contributed by atoms with Gasteiger partial charge in [0.25, 0.3) is 0 Å². The molecule has 0 saturated heterocycles. The summed E-state index contributed by atoms with van der Waals surface area (Å²) in [6.07, 6.45) is 8.70. The zero-order valence-electron chi connectivity index (χ0n) is 25.3. The lowest BCUT2D eigenvalue weighted by Crippen LogP contribution is -2.32. The Morgan fingerprint density at radius 2 is 1.28 bits per heavy atom. The predicted molar refractivity (Wildman–Crippen MR) is 195 cm³/mol. The molecule has 3 heteroatoms. The third kappa shape index (κ3) is 3.70. The number of para-hydroxylation sites is 1. The summed E-state index contributed by atoms with van der Waals surface area (Å²) in [7, 11) is 0. The first-order valence-electron chi connectivity index (χ1n) is 15.9. The zero-order valence-corrected chi connectivity index (χ0v) is 26.1. The van der Waals surface area contributed by atoms with Crippen molar-refractivity contribution in [2.45, 2.75) is 18.4 Å². The summed E-state index contributed by atoms with van der Waals surface area (Å²) in [5.41, 5.74) is 9.63. The molecule has 0 fully saturated rings. The minimum atomic E-state index is -0.123. The summed E-state index contributed by atoms with van der Waals surface area (Å²) >= 11 is 1.87. The van der Waals surface area contributed by atoms with Crippen LogP contribution in [0.3, 0.4) is 0 Å². The highest BCUT2D eigenvalue weighted by molar-refractivity contribution is 7.25. The molecule has 2 aliphatic rings. The molecule has 3 heterocycles. The molecule has 10 rings (SSSR count). The van der Waals surface area contributed by atoms with Crippen molar-refractivity contribution < 1.29 is 4.74 Å². The van der Waals surface area contributed by atoms with Crippen molar-refractivity contribution in [3.8, 4) is 33.7 Å². The van der Waals surface area contributed by atoms with Gasteiger partial charge in [0.2, 0.25) is 0 Å². The van der Waals surface area contributed by atoms with E-state index in [2.05, 4.69) is 163 Å². The average Bonchev–Trinajstić information content (AvgIpc) is 3.73. The Labute approximate surface area is 271 Å². The fourth-order valence-electron chi connectivity index (χ4n) is 7.61. The SMILES string of the molecule is CC12C=CC=CC1Oc1ccc(-c3ccc(-c4ccc(-n5c6ccccc6c6cc7c(cc65)sc5ccccc57)cc4)cc3)cc12. The minimum absolute atomic E-state index is 0.0625. The Morgan fingerprint density at radius 3 is 2.11 bits per heavy atom. The molecule has 0 bridgehead atoms. The largest absolute Gasteiger partial charge is 0.485 e. The Kier molecular flexibility index (Phi) is 5.38. The van der Waals surface area contributed by atoms with E-state index in [1.54, 1.807) is 0 Å². The number of nitrogens with zero attached hydrogens (tertiary/aromatic N) is 1. The monoisotopic (exact) mass is 607 g/mol. The second kappa shape index (κ2) is 9.56. The Balaban J connectivity index is 1.01. The lowest BCUT2D eigenvalue weighted by atomic mass is 9.76. The maximum Gasteiger partial charge on any atom is 0.130 e. The van der Waals surface area contributed by atoms with Gasteiger partial charge in [0.1, 0.15) is 11.9 Å². The number of aromatic nitrogens is 1. The van der Waals surface area contributed by atoms with Gasteiger partial charge >= 0.3 is 0 Å². The van der Waals surface area contributed by atoms with E-state index >= 15 is 0 Å². The van der Waals surface area contributed by atoms with Crippen LogP contribution in [0.15, 0.2) is 152 Å². The first-order chi connectivity index (χ1) is 22.6. The molecule has 0 amide bonds. The number of benzene rings is 6. The van der Waals surface area contributed by atoms with Gasteiger partial charge in [0, 0.05) is 42.2 Å². The smallest absolute Gasteiger partial charge is 0.130 e. The predicted octanol–water partition coefficient (Wildman–Crippen LogP) is 11.6. The molecule has 0 saturated carbocycles. The molecule has 218 valence electrons. The summed E-state index contributed by atoms with van der Waals surface area (Å²) in [6, 6.07) is 46.9. The van der Waals surface area contributed by atoms with Gasteiger partial charge in [-0.3, -0.25) is 0 Å². The molecule has 0 radical (unpaired) electrons. The minimum Gasteiger partial charge on any atom is -0.485 e. The number of rotatable bonds is 3. The number of allylic oxidation sites excluding steroid dienone is 2. The fourth-order valence-corrected chi connectivity index (χ4v) is 8.73. The quantitative estimate of drug-likeness (QED) is 0.195. The van der Waals surface area contributed by atoms with E-state index in [0.29, 0.717) is 0 Å². The number of fused-ring (bicyclic) bond motifs is 9. The van der Waals surface area contributed by atoms with Gasteiger partial charge in [-0.2, -0.15) is 0 Å². The van der Waals surface area contributed by atoms with E-state index in [1.807, 2.05) is 11.3 Å². The summed E-state index contributed by atoms with van der Waals surface area (Å²) in [5, 5.41) is 5.26. The van der Waals surface area contributed by atoms with E-state index in [4.69, 9.17) is 4.74 Å². The first kappa shape index (κ1) is 25.9. The van der Waals surface area contributed by atoms with Gasteiger partial charge < -0.3 is 9.30 Å². The molecule has 2 nitrogen and oxygen atoms in total. The molecular formula is C43H29NOS. The molecule has 1 aliphatic carbocycles. The fraction of sp³-hybridized carbons (Fsp3) is 0.0698. The standard InChI is InChI=1S/C43H29NOS/c1-43-23-7-6-12-42(43)45-39-22-19-30(24-36(39)43)29-15-13-27(14-16-29)28-17-20-31(21-18-28)44-37-10-4-2-8-32(37)34-25-35-33-9-3-5-11-40(33)46-41(35)26-38(34)44/h2-26,42H,1H3. The van der Waals surface area contributed by atoms with Crippen LogP contribution in [0, 0.1) is 0 Å². The van der Waals surface area contributed by atoms with Crippen LogP contribution in [0.2, 0.25) is 0 Å². The van der Waals surface area contributed by atoms with Crippen LogP contribution in [-0.2, 0) is 5.41 Å². The van der Waals surface area contributed by atoms with Gasteiger partial charge in [-0.05, 0) is 83.8 Å². The lowest BCUT2D eigenvalue weighted by molar-refractivity contribution is 0.228. The second-order valence-corrected chi connectivity index (χ2v) is 13.8. The topological polar surface area (TPSA) is 14.2 Å². The normalized spacial score (nSPS) is 18.4. The maximum atomic E-state index is 6.26. The summed E-state index contributed by atoms with van der Waals surface area (Å²) in [5.74, 6) is 0.987. The van der Waals surface area contributed by atoms with E-state index in [9.17, 15) is 0 Å². The van der Waals surface area contributed by atoms with Gasteiger partial charge in [0.15, 0.2) is 0 Å². The Morgan fingerprint density at radius 1 is 0.587 bits per heavy atom. The molecular weight excluding hydrogens is 579 g/mol. The molecule has 8 aromatic rings. The first-order valence-corrected chi connectivity index (χ1v) is 16.7. The molecule has 2 unspecified atom stereocenters. The number of thiophene rings is 1. The van der Waals surface area contributed by atoms with Crippen LogP contribution in [-0.4, -0.2) is 10.7 Å². The Bertz CT molecular complexity index is 2560. The third-order valence-corrected chi connectivity index (χ3v) is 11.2. The molecule has 0 N–H and O–H groups in total. The van der Waals surface area contributed by atoms with Crippen LogP contribution in [0.25, 0.3) is 69.9 Å². The van der Waals surface area contributed by atoms with Crippen molar-refractivity contribution in [2.75, 3.05) is 0 Å². The van der Waals surface area contributed by atoms with E-state index in [1.165, 1.54) is 75.5 Å². The van der Waals surface area contributed by atoms with Crippen molar-refractivity contribution in [1.29, 1.82) is 0 Å². The third-order valence-electron chi connectivity index (χ3n) is 10.1. The van der Waals surface area contributed by atoms with Gasteiger partial charge in [-0.1, -0.05) is 97.1 Å². The highest BCUT2D eigenvalue weighted by atomic mass is 32.1. The molecule has 0 spiro atoms. The lowest BCUT2D eigenvalue weighted by Gasteiger charge is -2.27. The van der Waals surface area contributed by atoms with Crippen molar-refractivity contribution in [1.82, 2.24) is 4.57 Å². The van der Waals surface area contributed by atoms with E-state index in [0.717, 1.165) is 5.75 Å². The average molecular weight is 608 g/mol. The van der Waals surface area contributed by atoms with Crippen molar-refractivity contribution in [2.24, 2.45) is 0 Å². The zero-order chi connectivity index (χ0) is 30.4. The van der Waals surface area contributed by atoms with E-state index in [-0.39, 0.29) is 11.5 Å². The van der Waals surface area contributed by atoms with Crippen LogP contribution in [0.4, 0.5) is 0 Å². The van der Waals surface area contributed by atoms with Crippen molar-refractivity contribution >= 4 is 53.3 Å². The van der Waals surface area contributed by atoms with Crippen molar-refractivity contribution in [3.63, 3.8) is 0 Å². The maximum absolute atomic E-state index is 6.26. The van der Waals surface area contributed by atoms with Crippen LogP contribution in [0.1, 0.15) is 12.5 Å². The van der Waals surface area contributed by atoms with Gasteiger partial charge in [-0.25, -0.2) is 0 Å². The van der Waals surface area contributed by atoms with Crippen LogP contribution >= 0.6 is 11.3 Å². The molecule has 46 heavy (non-hydrogen) atoms. The molecule has 2 atom stereocenters. The Hall–Kier alpha value is -5.38. The van der Waals surface area contributed by atoms with Gasteiger partial charge in [-0.15, -0.1) is 11.3 Å². The molecule has 1 aliphatic heterocycles. The summed E-state index contributed by atoms with van der Waals surface area (Å²) in [6.45, 7) is 2.27. The number of hydrogen-bond acceptors (Lipinski definition) is 2.